The second kappa shape index (κ2) is 5.60. The topological polar surface area (TPSA) is 50.1 Å². The molecule has 17 heavy (non-hydrogen) atoms. The molecule has 0 unspecified atom stereocenters. The number of ether oxygens (including phenoxy) is 1. The molecule has 1 fully saturated rings. The average molecular weight is 229 g/mol. The van der Waals surface area contributed by atoms with Crippen molar-refractivity contribution in [2.75, 3.05) is 0 Å². The molecule has 2 rings (SSSR count). The number of nitrogens with zero attached hydrogens (tertiary/aromatic N) is 1. The highest BCUT2D eigenvalue weighted by Crippen LogP contribution is 2.19. The zero-order valence-corrected chi connectivity index (χ0v) is 9.69. The van der Waals surface area contributed by atoms with Crippen LogP contribution in [-0.4, -0.2) is 11.9 Å². The number of hydrogen-bond donors (Lipinski definition) is 0. The molecule has 0 spiro atoms. The molecule has 3 heteroatoms. The number of carbonyl (C=O) groups is 1. The van der Waals surface area contributed by atoms with Gasteiger partial charge in [0.2, 0.25) is 0 Å². The normalized spacial score (nSPS) is 16.8. The van der Waals surface area contributed by atoms with E-state index in [2.05, 4.69) is 6.07 Å². The summed E-state index contributed by atoms with van der Waals surface area (Å²) in [4.78, 5) is 11.1. The van der Waals surface area contributed by atoms with Crippen molar-refractivity contribution in [3.8, 4) is 6.07 Å². The lowest BCUT2D eigenvalue weighted by molar-refractivity contribution is -0.123. The number of carbonyl (C=O) groups excluding carboxylic acids is 1. The van der Waals surface area contributed by atoms with Gasteiger partial charge in [0.25, 0.3) is 0 Å². The predicted octanol–water partition coefficient (Wildman–Crippen LogP) is 2.59. The smallest absolute Gasteiger partial charge is 0.133 e. The molecule has 1 aliphatic rings. The molecule has 0 aliphatic heterocycles. The van der Waals surface area contributed by atoms with Gasteiger partial charge in [0.15, 0.2) is 0 Å². The van der Waals surface area contributed by atoms with Gasteiger partial charge in [-0.25, -0.2) is 0 Å². The van der Waals surface area contributed by atoms with E-state index in [1.165, 1.54) is 0 Å². The molecule has 0 radical (unpaired) electrons. The Morgan fingerprint density at radius 1 is 1.35 bits per heavy atom. The van der Waals surface area contributed by atoms with E-state index < -0.39 is 0 Å². The summed E-state index contributed by atoms with van der Waals surface area (Å²) >= 11 is 0. The molecule has 88 valence electrons. The molecular weight excluding hydrogens is 214 g/mol. The maximum atomic E-state index is 11.1. The van der Waals surface area contributed by atoms with Crippen LogP contribution in [0.2, 0.25) is 0 Å². The summed E-state index contributed by atoms with van der Waals surface area (Å²) < 4.78 is 5.76. The first-order valence-electron chi connectivity index (χ1n) is 5.90. The summed E-state index contributed by atoms with van der Waals surface area (Å²) in [6.45, 7) is 0.522. The minimum absolute atomic E-state index is 0.193. The Balaban J connectivity index is 1.85. The van der Waals surface area contributed by atoms with E-state index in [4.69, 9.17) is 10.00 Å². The van der Waals surface area contributed by atoms with Gasteiger partial charge in [-0.05, 0) is 30.5 Å². The highest BCUT2D eigenvalue weighted by molar-refractivity contribution is 5.79. The molecule has 1 saturated carbocycles. The molecular formula is C14H15NO2. The van der Waals surface area contributed by atoms with Gasteiger partial charge in [-0.1, -0.05) is 12.1 Å². The molecule has 1 aromatic carbocycles. The standard InChI is InChI=1S/C14H15NO2/c15-9-11-2-1-3-12(8-11)10-17-14-6-4-13(16)5-7-14/h1-3,8,14H,4-7,10H2. The van der Waals surface area contributed by atoms with Crippen molar-refractivity contribution >= 4 is 5.78 Å². The van der Waals surface area contributed by atoms with Crippen LogP contribution < -0.4 is 0 Å². The summed E-state index contributed by atoms with van der Waals surface area (Å²) in [7, 11) is 0. The van der Waals surface area contributed by atoms with Crippen molar-refractivity contribution in [3.05, 3.63) is 35.4 Å². The van der Waals surface area contributed by atoms with Gasteiger partial charge >= 0.3 is 0 Å². The summed E-state index contributed by atoms with van der Waals surface area (Å²) in [5.74, 6) is 0.344. The first-order valence-corrected chi connectivity index (χ1v) is 5.90. The Kier molecular flexibility index (Phi) is 3.89. The van der Waals surface area contributed by atoms with Crippen LogP contribution in [0, 0.1) is 11.3 Å². The monoisotopic (exact) mass is 229 g/mol. The van der Waals surface area contributed by atoms with Gasteiger partial charge in [0.05, 0.1) is 24.3 Å². The molecule has 0 amide bonds. The van der Waals surface area contributed by atoms with Crippen LogP contribution in [0.15, 0.2) is 24.3 Å². The Bertz CT molecular complexity index is 438. The Morgan fingerprint density at radius 2 is 2.12 bits per heavy atom. The van der Waals surface area contributed by atoms with Crippen molar-refractivity contribution in [1.29, 1.82) is 5.26 Å². The minimum Gasteiger partial charge on any atom is -0.374 e. The third kappa shape index (κ3) is 3.40. The lowest BCUT2D eigenvalue weighted by Crippen LogP contribution is -2.21. The summed E-state index contributed by atoms with van der Waals surface area (Å²) in [6.07, 6.45) is 3.14. The van der Waals surface area contributed by atoms with E-state index in [-0.39, 0.29) is 6.10 Å². The van der Waals surface area contributed by atoms with Gasteiger partial charge < -0.3 is 4.74 Å². The molecule has 1 aliphatic carbocycles. The predicted molar refractivity (Wildman–Crippen MR) is 63.2 cm³/mol. The molecule has 0 saturated heterocycles. The van der Waals surface area contributed by atoms with Crippen LogP contribution in [0.25, 0.3) is 0 Å². The lowest BCUT2D eigenvalue weighted by Gasteiger charge is -2.21. The van der Waals surface area contributed by atoms with Gasteiger partial charge in [-0.15, -0.1) is 0 Å². The van der Waals surface area contributed by atoms with E-state index in [0.717, 1.165) is 18.4 Å². The van der Waals surface area contributed by atoms with Crippen molar-refractivity contribution in [3.63, 3.8) is 0 Å². The summed E-state index contributed by atoms with van der Waals surface area (Å²) in [6, 6.07) is 9.55. The number of benzene rings is 1. The van der Waals surface area contributed by atoms with Crippen LogP contribution in [0.4, 0.5) is 0 Å². The fourth-order valence-electron chi connectivity index (χ4n) is 2.02. The van der Waals surface area contributed by atoms with Crippen LogP contribution in [0.3, 0.4) is 0 Å². The van der Waals surface area contributed by atoms with E-state index in [0.29, 0.717) is 30.8 Å². The van der Waals surface area contributed by atoms with E-state index in [9.17, 15) is 4.79 Å². The van der Waals surface area contributed by atoms with Gasteiger partial charge in [-0.2, -0.15) is 5.26 Å². The lowest BCUT2D eigenvalue weighted by atomic mass is 9.96. The quantitative estimate of drug-likeness (QED) is 0.800. The zero-order valence-electron chi connectivity index (χ0n) is 9.69. The fourth-order valence-corrected chi connectivity index (χ4v) is 2.02. The van der Waals surface area contributed by atoms with Crippen molar-refractivity contribution in [2.24, 2.45) is 0 Å². The molecule has 0 aromatic heterocycles. The zero-order chi connectivity index (χ0) is 12.1. The van der Waals surface area contributed by atoms with Crippen LogP contribution in [-0.2, 0) is 16.1 Å². The van der Waals surface area contributed by atoms with Crippen molar-refractivity contribution in [2.45, 2.75) is 38.4 Å². The molecule has 0 N–H and O–H groups in total. The van der Waals surface area contributed by atoms with Gasteiger partial charge in [0, 0.05) is 12.8 Å². The molecule has 0 heterocycles. The highest BCUT2D eigenvalue weighted by atomic mass is 16.5. The van der Waals surface area contributed by atoms with Crippen molar-refractivity contribution in [1.82, 2.24) is 0 Å². The number of hydrogen-bond acceptors (Lipinski definition) is 3. The fraction of sp³-hybridized carbons (Fsp3) is 0.429. The summed E-state index contributed by atoms with van der Waals surface area (Å²) in [5, 5.41) is 8.78. The number of ketones is 1. The maximum Gasteiger partial charge on any atom is 0.133 e. The summed E-state index contributed by atoms with van der Waals surface area (Å²) in [5.41, 5.74) is 1.67. The third-order valence-corrected chi connectivity index (χ3v) is 3.03. The van der Waals surface area contributed by atoms with Gasteiger partial charge in [-0.3, -0.25) is 4.79 Å². The second-order valence-electron chi connectivity index (χ2n) is 4.36. The van der Waals surface area contributed by atoms with E-state index >= 15 is 0 Å². The van der Waals surface area contributed by atoms with Gasteiger partial charge in [0.1, 0.15) is 5.78 Å². The first-order chi connectivity index (χ1) is 8.28. The molecule has 1 aromatic rings. The SMILES string of the molecule is N#Cc1cccc(COC2CCC(=O)CC2)c1. The maximum absolute atomic E-state index is 11.1. The Hall–Kier alpha value is -1.66. The van der Waals surface area contributed by atoms with Crippen LogP contribution in [0.5, 0.6) is 0 Å². The Morgan fingerprint density at radius 3 is 2.82 bits per heavy atom. The molecule has 3 nitrogen and oxygen atoms in total. The number of rotatable bonds is 3. The largest absolute Gasteiger partial charge is 0.374 e. The molecule has 0 atom stereocenters. The first kappa shape index (κ1) is 11.8. The van der Waals surface area contributed by atoms with E-state index in [1.54, 1.807) is 6.07 Å². The average Bonchev–Trinajstić information content (AvgIpc) is 2.38. The van der Waals surface area contributed by atoms with Crippen LogP contribution >= 0.6 is 0 Å². The Labute approximate surface area is 101 Å². The second-order valence-corrected chi connectivity index (χ2v) is 4.36. The van der Waals surface area contributed by atoms with E-state index in [1.807, 2.05) is 18.2 Å². The third-order valence-electron chi connectivity index (χ3n) is 3.03. The van der Waals surface area contributed by atoms with Crippen LogP contribution in [0.1, 0.15) is 36.8 Å². The number of Topliss-reactive ketones (excluding diaryl/α,β-unsaturated/α-hetero) is 1. The van der Waals surface area contributed by atoms with Crippen molar-refractivity contribution < 1.29 is 9.53 Å². The minimum atomic E-state index is 0.193. The molecule has 0 bridgehead atoms. The number of nitriles is 1. The highest BCUT2D eigenvalue weighted by Gasteiger charge is 2.18.